The van der Waals surface area contributed by atoms with Crippen molar-refractivity contribution in [2.45, 2.75) is 33.2 Å². The van der Waals surface area contributed by atoms with Crippen LogP contribution in [0.2, 0.25) is 5.02 Å². The van der Waals surface area contributed by atoms with Crippen LogP contribution < -0.4 is 9.47 Å². The fourth-order valence-electron chi connectivity index (χ4n) is 2.69. The minimum atomic E-state index is -0.0459. The molecule has 2 aromatic rings. The van der Waals surface area contributed by atoms with Gasteiger partial charge >= 0.3 is 0 Å². The maximum Gasteiger partial charge on any atom is 0.253 e. The normalized spacial score (nSPS) is 11.7. The average Bonchev–Trinajstić information content (AvgIpc) is 2.64. The Kier molecular flexibility index (Phi) is 7.34. The zero-order valence-electron chi connectivity index (χ0n) is 15.8. The van der Waals surface area contributed by atoms with Crippen molar-refractivity contribution in [3.8, 4) is 11.5 Å². The molecule has 0 saturated heterocycles. The molecule has 0 heterocycles. The molecule has 0 saturated carbocycles. The zero-order chi connectivity index (χ0) is 19.1. The summed E-state index contributed by atoms with van der Waals surface area (Å²) < 4.78 is 11.2. The first kappa shape index (κ1) is 20.1. The molecule has 0 spiro atoms. The Hall–Kier alpha value is -2.20. The number of halogens is 1. The van der Waals surface area contributed by atoms with Gasteiger partial charge in [0.15, 0.2) is 11.5 Å². The first-order valence-corrected chi connectivity index (χ1v) is 9.25. The number of ether oxygens (including phenoxy) is 2. The Morgan fingerprint density at radius 2 is 1.65 bits per heavy atom. The number of carbonyl (C=O) groups excluding carboxylic acids is 1. The summed E-state index contributed by atoms with van der Waals surface area (Å²) in [6.45, 7) is 6.92. The van der Waals surface area contributed by atoms with E-state index in [4.69, 9.17) is 21.1 Å². The van der Waals surface area contributed by atoms with Crippen molar-refractivity contribution >= 4 is 17.5 Å². The molecular weight excluding hydrogens is 350 g/mol. The Morgan fingerprint density at radius 3 is 2.27 bits per heavy atom. The van der Waals surface area contributed by atoms with Gasteiger partial charge in [0, 0.05) is 23.7 Å². The van der Waals surface area contributed by atoms with Crippen molar-refractivity contribution < 1.29 is 14.3 Å². The minimum absolute atomic E-state index is 0.0459. The molecule has 0 aromatic heterocycles. The van der Waals surface area contributed by atoms with E-state index in [0.29, 0.717) is 35.3 Å². The molecule has 1 atom stereocenters. The maximum absolute atomic E-state index is 12.9. The number of amides is 1. The van der Waals surface area contributed by atoms with Crippen LogP contribution in [-0.2, 0) is 6.42 Å². The van der Waals surface area contributed by atoms with Gasteiger partial charge in [0.05, 0.1) is 13.2 Å². The number of rotatable bonds is 8. The lowest BCUT2D eigenvalue weighted by atomic mass is 10.1. The second-order valence-electron chi connectivity index (χ2n) is 6.12. The summed E-state index contributed by atoms with van der Waals surface area (Å²) in [4.78, 5) is 14.6. The third kappa shape index (κ3) is 5.15. The van der Waals surface area contributed by atoms with Gasteiger partial charge in [0.25, 0.3) is 5.91 Å². The van der Waals surface area contributed by atoms with Gasteiger partial charge in [-0.2, -0.15) is 0 Å². The van der Waals surface area contributed by atoms with E-state index in [1.54, 1.807) is 23.1 Å². The van der Waals surface area contributed by atoms with E-state index in [2.05, 4.69) is 0 Å². The first-order chi connectivity index (χ1) is 12.5. The summed E-state index contributed by atoms with van der Waals surface area (Å²) in [6, 6.07) is 13.1. The molecular formula is C21H26ClNO3. The number of hydrogen-bond acceptors (Lipinski definition) is 3. The number of nitrogens with zero attached hydrogens (tertiary/aromatic N) is 1. The maximum atomic E-state index is 12.9. The predicted molar refractivity (Wildman–Crippen MR) is 105 cm³/mol. The highest BCUT2D eigenvalue weighted by Gasteiger charge is 2.19. The van der Waals surface area contributed by atoms with E-state index in [-0.39, 0.29) is 11.9 Å². The highest BCUT2D eigenvalue weighted by Crippen LogP contribution is 2.29. The highest BCUT2D eigenvalue weighted by molar-refractivity contribution is 6.30. The van der Waals surface area contributed by atoms with Crippen LogP contribution in [0.5, 0.6) is 11.5 Å². The Bertz CT molecular complexity index is 731. The van der Waals surface area contributed by atoms with Crippen molar-refractivity contribution in [1.82, 2.24) is 4.90 Å². The topological polar surface area (TPSA) is 38.8 Å². The van der Waals surface area contributed by atoms with E-state index < -0.39 is 0 Å². The first-order valence-electron chi connectivity index (χ1n) is 8.87. The monoisotopic (exact) mass is 375 g/mol. The molecule has 5 heteroatoms. The average molecular weight is 376 g/mol. The Morgan fingerprint density at radius 1 is 1.04 bits per heavy atom. The molecule has 1 amide bonds. The van der Waals surface area contributed by atoms with Gasteiger partial charge in [0.1, 0.15) is 0 Å². The summed E-state index contributed by atoms with van der Waals surface area (Å²) in [5.74, 6) is 1.21. The van der Waals surface area contributed by atoms with Crippen LogP contribution in [0.3, 0.4) is 0 Å². The van der Waals surface area contributed by atoms with Crippen molar-refractivity contribution in [3.63, 3.8) is 0 Å². The number of likely N-dealkylation sites (N-methyl/N-ethyl adjacent to an activating group) is 1. The lowest BCUT2D eigenvalue weighted by molar-refractivity contribution is 0.0743. The van der Waals surface area contributed by atoms with Crippen LogP contribution in [0, 0.1) is 0 Å². The van der Waals surface area contributed by atoms with Gasteiger partial charge in [0.2, 0.25) is 0 Å². The molecule has 0 aliphatic heterocycles. The predicted octanol–water partition coefficient (Wildman–Crippen LogP) is 4.84. The van der Waals surface area contributed by atoms with Gasteiger partial charge in [-0.3, -0.25) is 4.79 Å². The quantitative estimate of drug-likeness (QED) is 0.662. The second-order valence-corrected chi connectivity index (χ2v) is 6.56. The van der Waals surface area contributed by atoms with Crippen LogP contribution >= 0.6 is 11.6 Å². The van der Waals surface area contributed by atoms with Crippen molar-refractivity contribution in [2.24, 2.45) is 0 Å². The Balaban J connectivity index is 2.13. The number of carbonyl (C=O) groups is 1. The molecule has 0 radical (unpaired) electrons. The summed E-state index contributed by atoms with van der Waals surface area (Å²) in [6.07, 6.45) is 0.759. The lowest BCUT2D eigenvalue weighted by Gasteiger charge is -2.25. The van der Waals surface area contributed by atoms with E-state index in [1.807, 2.05) is 52.1 Å². The molecule has 0 N–H and O–H groups in total. The summed E-state index contributed by atoms with van der Waals surface area (Å²) >= 11 is 5.93. The van der Waals surface area contributed by atoms with Crippen molar-refractivity contribution in [1.29, 1.82) is 0 Å². The third-order valence-corrected chi connectivity index (χ3v) is 4.47. The van der Waals surface area contributed by atoms with Gasteiger partial charge < -0.3 is 14.4 Å². The third-order valence-electron chi connectivity index (χ3n) is 4.22. The van der Waals surface area contributed by atoms with Crippen molar-refractivity contribution in [2.75, 3.05) is 20.3 Å². The van der Waals surface area contributed by atoms with Crippen LogP contribution in [-0.4, -0.2) is 37.1 Å². The largest absolute Gasteiger partial charge is 0.490 e. The van der Waals surface area contributed by atoms with E-state index in [1.165, 1.54) is 0 Å². The van der Waals surface area contributed by atoms with Crippen LogP contribution in [0.15, 0.2) is 42.5 Å². The molecule has 0 fully saturated rings. The van der Waals surface area contributed by atoms with Crippen LogP contribution in [0.4, 0.5) is 0 Å². The lowest BCUT2D eigenvalue weighted by Crippen LogP contribution is -2.36. The zero-order valence-corrected chi connectivity index (χ0v) is 16.5. The summed E-state index contributed by atoms with van der Waals surface area (Å²) in [7, 11) is 1.82. The molecule has 0 aliphatic carbocycles. The summed E-state index contributed by atoms with van der Waals surface area (Å²) in [5.41, 5.74) is 1.73. The molecule has 0 bridgehead atoms. The molecule has 140 valence electrons. The van der Waals surface area contributed by atoms with Gasteiger partial charge in [-0.05, 0) is 63.1 Å². The van der Waals surface area contributed by atoms with E-state index in [9.17, 15) is 4.79 Å². The highest BCUT2D eigenvalue weighted by atomic mass is 35.5. The number of benzene rings is 2. The number of hydrogen-bond donors (Lipinski definition) is 0. The molecule has 4 nitrogen and oxygen atoms in total. The van der Waals surface area contributed by atoms with Crippen molar-refractivity contribution in [3.05, 3.63) is 58.6 Å². The van der Waals surface area contributed by atoms with Crippen LogP contribution in [0.25, 0.3) is 0 Å². The van der Waals surface area contributed by atoms with E-state index in [0.717, 1.165) is 12.0 Å². The fourth-order valence-corrected chi connectivity index (χ4v) is 2.81. The SMILES string of the molecule is CCOc1ccc(C(=O)N(C)C(C)Cc2ccc(Cl)cc2)cc1OCC. The van der Waals surface area contributed by atoms with Gasteiger partial charge in [-0.25, -0.2) is 0 Å². The minimum Gasteiger partial charge on any atom is -0.490 e. The Labute approximate surface area is 160 Å². The summed E-state index contributed by atoms with van der Waals surface area (Å²) in [5, 5.41) is 0.712. The molecule has 0 aliphatic rings. The molecule has 26 heavy (non-hydrogen) atoms. The van der Waals surface area contributed by atoms with Gasteiger partial charge in [-0.1, -0.05) is 23.7 Å². The smallest absolute Gasteiger partial charge is 0.253 e. The van der Waals surface area contributed by atoms with E-state index >= 15 is 0 Å². The fraction of sp³-hybridized carbons (Fsp3) is 0.381. The van der Waals surface area contributed by atoms with Gasteiger partial charge in [-0.15, -0.1) is 0 Å². The molecule has 1 unspecified atom stereocenters. The second kappa shape index (κ2) is 9.48. The molecule has 2 aromatic carbocycles. The molecule has 2 rings (SSSR count). The van der Waals surface area contributed by atoms with Crippen LogP contribution in [0.1, 0.15) is 36.7 Å². The standard InChI is InChI=1S/C21H26ClNO3/c1-5-25-19-12-9-17(14-20(19)26-6-2)21(24)23(4)15(3)13-16-7-10-18(22)11-8-16/h7-12,14-15H,5-6,13H2,1-4H3.